The van der Waals surface area contributed by atoms with Gasteiger partial charge in [0.15, 0.2) is 11.6 Å². The fourth-order valence-corrected chi connectivity index (χ4v) is 1.68. The number of hydrogen-bond acceptors (Lipinski definition) is 3. The van der Waals surface area contributed by atoms with Gasteiger partial charge in [0.05, 0.1) is 13.0 Å². The molecule has 0 aliphatic heterocycles. The summed E-state index contributed by atoms with van der Waals surface area (Å²) >= 11 is 0. The van der Waals surface area contributed by atoms with Crippen LogP contribution in [0.25, 0.3) is 0 Å². The molecule has 0 aliphatic carbocycles. The predicted molar refractivity (Wildman–Crippen MR) is 66.8 cm³/mol. The van der Waals surface area contributed by atoms with Crippen molar-refractivity contribution >= 4 is 11.9 Å². The largest absolute Gasteiger partial charge is 0.494 e. The van der Waals surface area contributed by atoms with Crippen LogP contribution in [0.3, 0.4) is 0 Å². The lowest BCUT2D eigenvalue weighted by molar-refractivity contribution is -0.174. The summed E-state index contributed by atoms with van der Waals surface area (Å²) in [7, 11) is 1.25. The minimum absolute atomic E-state index is 0.0407. The predicted octanol–water partition coefficient (Wildman–Crippen LogP) is 1.76. The van der Waals surface area contributed by atoms with Crippen molar-refractivity contribution in [3.05, 3.63) is 29.6 Å². The van der Waals surface area contributed by atoms with Crippen LogP contribution in [0.4, 0.5) is 17.6 Å². The third kappa shape index (κ3) is 4.90. The van der Waals surface area contributed by atoms with Crippen molar-refractivity contribution < 1.29 is 37.0 Å². The van der Waals surface area contributed by atoms with E-state index in [4.69, 9.17) is 9.84 Å². The molecular weight excluding hydrogens is 310 g/mol. The quantitative estimate of drug-likeness (QED) is 0.782. The highest BCUT2D eigenvalue weighted by Gasteiger charge is 2.39. The van der Waals surface area contributed by atoms with E-state index in [-0.39, 0.29) is 17.7 Å². The van der Waals surface area contributed by atoms with Gasteiger partial charge in [0.2, 0.25) is 0 Å². The van der Waals surface area contributed by atoms with Crippen molar-refractivity contribution in [3.8, 4) is 5.75 Å². The van der Waals surface area contributed by atoms with Crippen molar-refractivity contribution in [2.24, 2.45) is 5.92 Å². The molecular formula is C13H13F4NO4. The normalized spacial score (nSPS) is 12.6. The molecule has 1 unspecified atom stereocenters. The van der Waals surface area contributed by atoms with Gasteiger partial charge in [0, 0.05) is 6.54 Å². The first kappa shape index (κ1) is 17.7. The van der Waals surface area contributed by atoms with Crippen LogP contribution in [0.1, 0.15) is 5.56 Å². The van der Waals surface area contributed by atoms with Crippen LogP contribution in [0, 0.1) is 11.7 Å². The molecule has 1 aromatic rings. The van der Waals surface area contributed by atoms with Crippen LogP contribution in [0.15, 0.2) is 18.2 Å². The van der Waals surface area contributed by atoms with E-state index in [9.17, 15) is 27.2 Å². The molecule has 1 atom stereocenters. The third-order valence-corrected chi connectivity index (χ3v) is 2.81. The number of carbonyl (C=O) groups excluding carboxylic acids is 1. The van der Waals surface area contributed by atoms with Gasteiger partial charge in [-0.05, 0) is 24.1 Å². The smallest absolute Gasteiger partial charge is 0.471 e. The molecule has 0 saturated carbocycles. The summed E-state index contributed by atoms with van der Waals surface area (Å²) in [5, 5.41) is 10.5. The molecule has 0 radical (unpaired) electrons. The maximum absolute atomic E-state index is 13.5. The SMILES string of the molecule is COc1ccc(CC(CNC(=O)C(F)(F)F)C(=O)O)cc1F. The first-order valence-corrected chi connectivity index (χ1v) is 6.05. The van der Waals surface area contributed by atoms with E-state index >= 15 is 0 Å². The van der Waals surface area contributed by atoms with Gasteiger partial charge in [0.1, 0.15) is 0 Å². The first-order valence-electron chi connectivity index (χ1n) is 6.05. The summed E-state index contributed by atoms with van der Waals surface area (Å²) in [6, 6.07) is 3.70. The summed E-state index contributed by atoms with van der Waals surface area (Å²) in [6.45, 7) is -0.721. The van der Waals surface area contributed by atoms with E-state index in [0.29, 0.717) is 0 Å². The van der Waals surface area contributed by atoms with Crippen molar-refractivity contribution in [2.45, 2.75) is 12.6 Å². The summed E-state index contributed by atoms with van der Waals surface area (Å²) in [5.41, 5.74) is 0.256. The monoisotopic (exact) mass is 323 g/mol. The summed E-state index contributed by atoms with van der Waals surface area (Å²) in [4.78, 5) is 21.7. The second-order valence-electron chi connectivity index (χ2n) is 4.42. The highest BCUT2D eigenvalue weighted by molar-refractivity contribution is 5.82. The molecule has 1 rings (SSSR count). The Hall–Kier alpha value is -2.32. The topological polar surface area (TPSA) is 75.6 Å². The standard InChI is InChI=1S/C13H13F4NO4/c1-22-10-3-2-7(5-9(10)14)4-8(11(19)20)6-18-12(21)13(15,16)17/h2-3,5,8H,4,6H2,1H3,(H,18,21)(H,19,20). The zero-order valence-electron chi connectivity index (χ0n) is 11.4. The first-order chi connectivity index (χ1) is 10.1. The number of nitrogens with one attached hydrogen (secondary N) is 1. The van der Waals surface area contributed by atoms with Gasteiger partial charge in [0.25, 0.3) is 0 Å². The van der Waals surface area contributed by atoms with Gasteiger partial charge < -0.3 is 15.2 Å². The number of alkyl halides is 3. The molecule has 5 nitrogen and oxygen atoms in total. The van der Waals surface area contributed by atoms with E-state index in [2.05, 4.69) is 0 Å². The van der Waals surface area contributed by atoms with Crippen LogP contribution >= 0.6 is 0 Å². The number of benzene rings is 1. The van der Waals surface area contributed by atoms with E-state index in [1.165, 1.54) is 24.6 Å². The molecule has 1 amide bonds. The van der Waals surface area contributed by atoms with Crippen molar-refractivity contribution in [1.82, 2.24) is 5.32 Å². The Morgan fingerprint density at radius 1 is 1.36 bits per heavy atom. The molecule has 0 heterocycles. The molecule has 1 aromatic carbocycles. The van der Waals surface area contributed by atoms with Gasteiger partial charge in [-0.3, -0.25) is 9.59 Å². The Kier molecular flexibility index (Phi) is 5.72. The Morgan fingerprint density at radius 2 is 2.00 bits per heavy atom. The number of amides is 1. The van der Waals surface area contributed by atoms with Crippen molar-refractivity contribution in [2.75, 3.05) is 13.7 Å². The van der Waals surface area contributed by atoms with Gasteiger partial charge in [-0.25, -0.2) is 4.39 Å². The van der Waals surface area contributed by atoms with Gasteiger partial charge in [-0.15, -0.1) is 0 Å². The van der Waals surface area contributed by atoms with E-state index < -0.39 is 36.3 Å². The molecule has 0 aliphatic rings. The fourth-order valence-electron chi connectivity index (χ4n) is 1.68. The molecule has 0 aromatic heterocycles. The number of aliphatic carboxylic acids is 1. The lowest BCUT2D eigenvalue weighted by Gasteiger charge is -2.15. The van der Waals surface area contributed by atoms with Gasteiger partial charge >= 0.3 is 18.1 Å². The zero-order valence-corrected chi connectivity index (χ0v) is 11.4. The number of rotatable bonds is 6. The maximum Gasteiger partial charge on any atom is 0.471 e. The molecule has 0 saturated heterocycles. The minimum Gasteiger partial charge on any atom is -0.494 e. The van der Waals surface area contributed by atoms with Crippen LogP contribution in [0.5, 0.6) is 5.75 Å². The Balaban J connectivity index is 2.75. The zero-order chi connectivity index (χ0) is 16.9. The molecule has 122 valence electrons. The lowest BCUT2D eigenvalue weighted by atomic mass is 9.99. The molecule has 0 bridgehead atoms. The van der Waals surface area contributed by atoms with E-state index in [0.717, 1.165) is 6.07 Å². The number of carboxylic acids is 1. The third-order valence-electron chi connectivity index (χ3n) is 2.81. The highest BCUT2D eigenvalue weighted by atomic mass is 19.4. The number of halogens is 4. The van der Waals surface area contributed by atoms with Crippen molar-refractivity contribution in [1.29, 1.82) is 0 Å². The van der Waals surface area contributed by atoms with Crippen LogP contribution < -0.4 is 10.1 Å². The number of ether oxygens (including phenoxy) is 1. The van der Waals surface area contributed by atoms with Crippen LogP contribution in [-0.4, -0.2) is 36.8 Å². The van der Waals surface area contributed by atoms with Gasteiger partial charge in [-0.1, -0.05) is 6.07 Å². The van der Waals surface area contributed by atoms with Crippen LogP contribution in [-0.2, 0) is 16.0 Å². The number of carbonyl (C=O) groups is 2. The molecule has 0 fully saturated rings. The van der Waals surface area contributed by atoms with E-state index in [1.54, 1.807) is 0 Å². The summed E-state index contributed by atoms with van der Waals surface area (Å²) in [5.74, 6) is -5.71. The molecule has 22 heavy (non-hydrogen) atoms. The van der Waals surface area contributed by atoms with Crippen LogP contribution in [0.2, 0.25) is 0 Å². The number of methoxy groups -OCH3 is 1. The average Bonchev–Trinajstić information content (AvgIpc) is 2.41. The second kappa shape index (κ2) is 7.10. The lowest BCUT2D eigenvalue weighted by Crippen LogP contribution is -2.41. The fraction of sp³-hybridized carbons (Fsp3) is 0.385. The molecule has 0 spiro atoms. The molecule has 2 N–H and O–H groups in total. The summed E-state index contributed by atoms with van der Waals surface area (Å²) < 4.78 is 54.3. The second-order valence-corrected chi connectivity index (χ2v) is 4.42. The van der Waals surface area contributed by atoms with E-state index in [1.807, 2.05) is 0 Å². The Morgan fingerprint density at radius 3 is 2.45 bits per heavy atom. The number of hydrogen-bond donors (Lipinski definition) is 2. The van der Waals surface area contributed by atoms with Gasteiger partial charge in [-0.2, -0.15) is 13.2 Å². The molecule has 9 heteroatoms. The highest BCUT2D eigenvalue weighted by Crippen LogP contribution is 2.20. The Labute approximate surface area is 122 Å². The van der Waals surface area contributed by atoms with Crippen molar-refractivity contribution in [3.63, 3.8) is 0 Å². The average molecular weight is 323 g/mol. The number of carboxylic acid groups (broad SMARTS) is 1. The summed E-state index contributed by atoms with van der Waals surface area (Å²) in [6.07, 6.45) is -5.33. The minimum atomic E-state index is -5.09. The maximum atomic E-state index is 13.5. The Bertz CT molecular complexity index is 559.